The molecule has 2 fully saturated rings. The van der Waals surface area contributed by atoms with Crippen molar-refractivity contribution in [3.8, 4) is 0 Å². The van der Waals surface area contributed by atoms with Crippen LogP contribution in [0, 0.1) is 0 Å². The molecule has 2 N–H and O–H groups in total. The predicted molar refractivity (Wildman–Crippen MR) is 98.1 cm³/mol. The molecule has 1 heterocycles. The number of likely N-dealkylation sites (tertiary alicyclic amines) is 1. The molecule has 25 heavy (non-hydrogen) atoms. The first-order valence-electron chi connectivity index (χ1n) is 9.23. The summed E-state index contributed by atoms with van der Waals surface area (Å²) < 4.78 is 27.7. The third-order valence-corrected chi connectivity index (χ3v) is 6.52. The predicted octanol–water partition coefficient (Wildman–Crippen LogP) is 3.32. The van der Waals surface area contributed by atoms with Gasteiger partial charge >= 0.3 is 6.03 Å². The van der Waals surface area contributed by atoms with Gasteiger partial charge < -0.3 is 10.2 Å². The third-order valence-electron chi connectivity index (χ3n) is 4.99. The zero-order chi connectivity index (χ0) is 17.7. The van der Waals surface area contributed by atoms with Gasteiger partial charge in [-0.3, -0.25) is 0 Å². The van der Waals surface area contributed by atoms with Gasteiger partial charge in [-0.2, -0.15) is 0 Å². The molecular formula is C18H27N3O3S. The van der Waals surface area contributed by atoms with Gasteiger partial charge in [0, 0.05) is 24.8 Å². The van der Waals surface area contributed by atoms with E-state index < -0.39 is 10.0 Å². The Hall–Kier alpha value is -1.60. The van der Waals surface area contributed by atoms with Gasteiger partial charge in [-0.25, -0.2) is 17.9 Å². The van der Waals surface area contributed by atoms with E-state index in [0.29, 0.717) is 5.69 Å². The average Bonchev–Trinajstić information content (AvgIpc) is 2.63. The molecule has 2 aliphatic rings. The molecule has 0 aromatic heterocycles. The number of nitrogens with one attached hydrogen (secondary N) is 2. The zero-order valence-electron chi connectivity index (χ0n) is 14.5. The Morgan fingerprint density at radius 3 is 2.16 bits per heavy atom. The van der Waals surface area contributed by atoms with Gasteiger partial charge in [0.1, 0.15) is 0 Å². The first kappa shape index (κ1) is 18.2. The van der Waals surface area contributed by atoms with Crippen LogP contribution in [0.5, 0.6) is 0 Å². The lowest BCUT2D eigenvalue weighted by atomic mass is 9.96. The number of anilines is 1. The van der Waals surface area contributed by atoms with Crippen LogP contribution in [0.25, 0.3) is 0 Å². The minimum Gasteiger partial charge on any atom is -0.325 e. The van der Waals surface area contributed by atoms with E-state index in [1.165, 1.54) is 12.8 Å². The van der Waals surface area contributed by atoms with E-state index in [-0.39, 0.29) is 17.0 Å². The highest BCUT2D eigenvalue weighted by molar-refractivity contribution is 7.89. The van der Waals surface area contributed by atoms with Crippen molar-refractivity contribution in [2.24, 2.45) is 0 Å². The lowest BCUT2D eigenvalue weighted by Crippen LogP contribution is -2.38. The molecule has 2 amide bonds. The second kappa shape index (κ2) is 8.19. The molecule has 1 aromatic carbocycles. The smallest absolute Gasteiger partial charge is 0.321 e. The lowest BCUT2D eigenvalue weighted by Gasteiger charge is -2.26. The van der Waals surface area contributed by atoms with Crippen LogP contribution in [0.2, 0.25) is 0 Å². The molecule has 138 valence electrons. The van der Waals surface area contributed by atoms with Crippen molar-refractivity contribution < 1.29 is 13.2 Å². The van der Waals surface area contributed by atoms with Crippen molar-refractivity contribution in [3.63, 3.8) is 0 Å². The summed E-state index contributed by atoms with van der Waals surface area (Å²) in [6.45, 7) is 1.56. The number of carbonyl (C=O) groups is 1. The highest BCUT2D eigenvalue weighted by Gasteiger charge is 2.22. The van der Waals surface area contributed by atoms with Gasteiger partial charge in [-0.05, 0) is 56.4 Å². The van der Waals surface area contributed by atoms with E-state index in [1.54, 1.807) is 29.2 Å². The summed E-state index contributed by atoms with van der Waals surface area (Å²) in [7, 11) is -3.50. The Morgan fingerprint density at radius 2 is 1.52 bits per heavy atom. The molecule has 0 unspecified atom stereocenters. The maximum Gasteiger partial charge on any atom is 0.321 e. The Balaban J connectivity index is 1.59. The molecule has 0 spiro atoms. The summed E-state index contributed by atoms with van der Waals surface area (Å²) >= 11 is 0. The van der Waals surface area contributed by atoms with Gasteiger partial charge in [0.05, 0.1) is 4.90 Å². The maximum absolute atomic E-state index is 12.5. The van der Waals surface area contributed by atoms with Crippen LogP contribution >= 0.6 is 0 Å². The van der Waals surface area contributed by atoms with E-state index in [1.807, 2.05) is 0 Å². The first-order valence-corrected chi connectivity index (χ1v) is 10.7. The molecule has 1 aliphatic heterocycles. The molecule has 3 rings (SSSR count). The van der Waals surface area contributed by atoms with Crippen molar-refractivity contribution in [2.45, 2.75) is 62.3 Å². The molecule has 6 nitrogen and oxygen atoms in total. The largest absolute Gasteiger partial charge is 0.325 e. The monoisotopic (exact) mass is 365 g/mol. The molecule has 0 radical (unpaired) electrons. The van der Waals surface area contributed by atoms with E-state index in [9.17, 15) is 13.2 Å². The fourth-order valence-electron chi connectivity index (χ4n) is 3.52. The number of hydrogen-bond donors (Lipinski definition) is 2. The summed E-state index contributed by atoms with van der Waals surface area (Å²) in [5, 5.41) is 2.84. The molecule has 1 aromatic rings. The average molecular weight is 365 g/mol. The lowest BCUT2D eigenvalue weighted by molar-refractivity contribution is 0.200. The Morgan fingerprint density at radius 1 is 0.920 bits per heavy atom. The molecule has 0 atom stereocenters. The van der Waals surface area contributed by atoms with Gasteiger partial charge in [-0.15, -0.1) is 0 Å². The van der Waals surface area contributed by atoms with Gasteiger partial charge in [0.15, 0.2) is 0 Å². The normalized spacial score (nSPS) is 19.6. The van der Waals surface area contributed by atoms with Crippen molar-refractivity contribution in [1.82, 2.24) is 9.62 Å². The fraction of sp³-hybridized carbons (Fsp3) is 0.611. The summed E-state index contributed by atoms with van der Waals surface area (Å²) in [6, 6.07) is 6.33. The summed E-state index contributed by atoms with van der Waals surface area (Å²) in [5.74, 6) is 0. The Bertz CT molecular complexity index is 676. The standard InChI is InChI=1S/C18H27N3O3S/c22-18(21-13-5-2-6-14-21)19-15-9-11-17(12-10-15)25(23,24)20-16-7-3-1-4-8-16/h9-12,16,20H,1-8,13-14H2,(H,19,22). The van der Waals surface area contributed by atoms with Crippen LogP contribution in [0.3, 0.4) is 0 Å². The van der Waals surface area contributed by atoms with Crippen LogP contribution in [0.4, 0.5) is 10.5 Å². The second-order valence-corrected chi connectivity index (χ2v) is 8.67. The molecule has 7 heteroatoms. The van der Waals surface area contributed by atoms with E-state index >= 15 is 0 Å². The summed E-state index contributed by atoms with van der Waals surface area (Å²) in [5.41, 5.74) is 0.618. The number of hydrogen-bond acceptors (Lipinski definition) is 3. The quantitative estimate of drug-likeness (QED) is 0.859. The molecule has 1 aliphatic carbocycles. The van der Waals surface area contributed by atoms with Crippen LogP contribution in [0.15, 0.2) is 29.2 Å². The van der Waals surface area contributed by atoms with Gasteiger partial charge in [0.25, 0.3) is 0 Å². The number of benzene rings is 1. The molecule has 1 saturated carbocycles. The number of sulfonamides is 1. The minimum atomic E-state index is -3.50. The number of rotatable bonds is 4. The van der Waals surface area contributed by atoms with Crippen molar-refractivity contribution in [3.05, 3.63) is 24.3 Å². The zero-order valence-corrected chi connectivity index (χ0v) is 15.4. The second-order valence-electron chi connectivity index (χ2n) is 6.96. The Labute approximate surface area is 150 Å². The number of piperidine rings is 1. The van der Waals surface area contributed by atoms with Crippen LogP contribution in [-0.4, -0.2) is 38.5 Å². The number of carbonyl (C=O) groups excluding carboxylic acids is 1. The fourth-order valence-corrected chi connectivity index (χ4v) is 4.83. The van der Waals surface area contributed by atoms with E-state index in [4.69, 9.17) is 0 Å². The number of nitrogens with zero attached hydrogens (tertiary/aromatic N) is 1. The van der Waals surface area contributed by atoms with Gasteiger partial charge in [0.2, 0.25) is 10.0 Å². The van der Waals surface area contributed by atoms with Crippen molar-refractivity contribution in [1.29, 1.82) is 0 Å². The highest BCUT2D eigenvalue weighted by atomic mass is 32.2. The number of urea groups is 1. The molecular weight excluding hydrogens is 338 g/mol. The molecule has 1 saturated heterocycles. The summed E-state index contributed by atoms with van der Waals surface area (Å²) in [4.78, 5) is 14.2. The third kappa shape index (κ3) is 4.95. The van der Waals surface area contributed by atoms with Gasteiger partial charge in [-0.1, -0.05) is 19.3 Å². The van der Waals surface area contributed by atoms with Crippen LogP contribution < -0.4 is 10.0 Å². The highest BCUT2D eigenvalue weighted by Crippen LogP contribution is 2.21. The van der Waals surface area contributed by atoms with E-state index in [0.717, 1.165) is 51.6 Å². The van der Waals surface area contributed by atoms with Crippen molar-refractivity contribution >= 4 is 21.7 Å². The summed E-state index contributed by atoms with van der Waals surface area (Å²) in [6.07, 6.45) is 8.40. The van der Waals surface area contributed by atoms with Crippen molar-refractivity contribution in [2.75, 3.05) is 18.4 Å². The molecule has 0 bridgehead atoms. The van der Waals surface area contributed by atoms with Crippen LogP contribution in [-0.2, 0) is 10.0 Å². The van der Waals surface area contributed by atoms with Crippen LogP contribution in [0.1, 0.15) is 51.4 Å². The SMILES string of the molecule is O=C(Nc1ccc(S(=O)(=O)NC2CCCCC2)cc1)N1CCCCC1. The maximum atomic E-state index is 12.5. The minimum absolute atomic E-state index is 0.0391. The van der Waals surface area contributed by atoms with E-state index in [2.05, 4.69) is 10.0 Å². The Kier molecular flexibility index (Phi) is 5.96. The topological polar surface area (TPSA) is 78.5 Å². The number of amides is 2. The first-order chi connectivity index (χ1) is 12.0.